The lowest BCUT2D eigenvalue weighted by Gasteiger charge is -2.21. The normalized spacial score (nSPS) is 12.4. The van der Waals surface area contributed by atoms with E-state index in [1.807, 2.05) is 24.3 Å². The second-order valence-electron chi connectivity index (χ2n) is 7.61. The van der Waals surface area contributed by atoms with Crippen LogP contribution < -0.4 is 4.74 Å². The average molecular weight is 410 g/mol. The van der Waals surface area contributed by atoms with Crippen LogP contribution in [0.25, 0.3) is 0 Å². The molecule has 0 saturated heterocycles. The van der Waals surface area contributed by atoms with Crippen LogP contribution >= 0.6 is 11.6 Å². The molecule has 4 nitrogen and oxygen atoms in total. The highest BCUT2D eigenvalue weighted by molar-refractivity contribution is 7.89. The predicted molar refractivity (Wildman–Crippen MR) is 111 cm³/mol. The molecule has 6 heteroatoms. The van der Waals surface area contributed by atoms with Crippen molar-refractivity contribution in [3.05, 3.63) is 59.1 Å². The van der Waals surface area contributed by atoms with Gasteiger partial charge in [0.2, 0.25) is 10.0 Å². The van der Waals surface area contributed by atoms with Crippen LogP contribution in [0.3, 0.4) is 0 Å². The molecule has 0 aromatic heterocycles. The minimum absolute atomic E-state index is 0.00171. The number of nitrogens with zero attached hydrogens (tertiary/aromatic N) is 1. The van der Waals surface area contributed by atoms with Crippen LogP contribution in [0.15, 0.2) is 53.4 Å². The highest BCUT2D eigenvalue weighted by Gasteiger charge is 2.21. The van der Waals surface area contributed by atoms with Gasteiger partial charge in [-0.3, -0.25) is 0 Å². The van der Waals surface area contributed by atoms with Crippen molar-refractivity contribution in [3.63, 3.8) is 0 Å². The fourth-order valence-electron chi connectivity index (χ4n) is 2.58. The molecule has 0 saturated carbocycles. The Bertz CT molecular complexity index is 825. The van der Waals surface area contributed by atoms with Gasteiger partial charge in [0.1, 0.15) is 5.75 Å². The lowest BCUT2D eigenvalue weighted by Crippen LogP contribution is -2.28. The molecule has 2 rings (SSSR count). The van der Waals surface area contributed by atoms with E-state index in [1.54, 1.807) is 31.3 Å². The fourth-order valence-corrected chi connectivity index (χ4v) is 3.92. The van der Waals surface area contributed by atoms with Gasteiger partial charge < -0.3 is 4.74 Å². The Hall–Kier alpha value is -1.56. The molecule has 0 unspecified atom stereocenters. The van der Waals surface area contributed by atoms with Crippen molar-refractivity contribution in [1.29, 1.82) is 0 Å². The molecule has 0 N–H and O–H groups in total. The number of hydrogen-bond donors (Lipinski definition) is 0. The highest BCUT2D eigenvalue weighted by atomic mass is 35.5. The third-order valence-corrected chi connectivity index (χ3v) is 6.50. The molecule has 0 aliphatic rings. The van der Waals surface area contributed by atoms with Crippen molar-refractivity contribution >= 4 is 21.6 Å². The monoisotopic (exact) mass is 409 g/mol. The summed E-state index contributed by atoms with van der Waals surface area (Å²) in [5.41, 5.74) is 1.11. The van der Waals surface area contributed by atoms with E-state index in [1.165, 1.54) is 4.31 Å². The van der Waals surface area contributed by atoms with E-state index >= 15 is 0 Å². The highest BCUT2D eigenvalue weighted by Crippen LogP contribution is 2.24. The van der Waals surface area contributed by atoms with Gasteiger partial charge in [0.15, 0.2) is 0 Å². The van der Waals surface area contributed by atoms with E-state index < -0.39 is 10.0 Å². The lowest BCUT2D eigenvalue weighted by molar-refractivity contribution is 0.300. The summed E-state index contributed by atoms with van der Waals surface area (Å²) in [5, 5.41) is 0.671. The molecular weight excluding hydrogens is 382 g/mol. The van der Waals surface area contributed by atoms with Gasteiger partial charge in [-0.1, -0.05) is 44.5 Å². The van der Waals surface area contributed by atoms with Gasteiger partial charge in [-0.2, -0.15) is 0 Å². The van der Waals surface area contributed by atoms with E-state index in [0.29, 0.717) is 23.1 Å². The van der Waals surface area contributed by atoms with Crippen LogP contribution in [0.1, 0.15) is 39.2 Å². The van der Waals surface area contributed by atoms with Crippen molar-refractivity contribution in [2.75, 3.05) is 20.2 Å². The quantitative estimate of drug-likeness (QED) is 0.568. The maximum Gasteiger partial charge on any atom is 0.242 e. The van der Waals surface area contributed by atoms with Crippen molar-refractivity contribution in [3.8, 4) is 5.75 Å². The summed E-state index contributed by atoms with van der Waals surface area (Å²) in [6, 6.07) is 14.4. The van der Waals surface area contributed by atoms with E-state index in [2.05, 4.69) is 20.8 Å². The van der Waals surface area contributed by atoms with Gasteiger partial charge in [0, 0.05) is 18.6 Å². The first-order valence-electron chi connectivity index (χ1n) is 9.06. The first kappa shape index (κ1) is 21.7. The molecule has 0 aliphatic heterocycles. The summed E-state index contributed by atoms with van der Waals surface area (Å²) in [4.78, 5) is 0.329. The molecule has 2 aromatic carbocycles. The van der Waals surface area contributed by atoms with Crippen molar-refractivity contribution < 1.29 is 13.2 Å². The summed E-state index contributed by atoms with van der Waals surface area (Å²) in [5.74, 6) is 0.763. The van der Waals surface area contributed by atoms with E-state index in [9.17, 15) is 8.42 Å². The number of halogens is 1. The smallest absolute Gasteiger partial charge is 0.242 e. The summed E-state index contributed by atoms with van der Waals surface area (Å²) < 4.78 is 32.4. The van der Waals surface area contributed by atoms with Gasteiger partial charge >= 0.3 is 0 Å². The minimum atomic E-state index is -3.47. The second-order valence-corrected chi connectivity index (χ2v) is 10.1. The van der Waals surface area contributed by atoms with Crippen LogP contribution in [-0.2, 0) is 15.4 Å². The maximum atomic E-state index is 12.7. The molecule has 0 aliphatic carbocycles. The van der Waals surface area contributed by atoms with Crippen LogP contribution in [0.2, 0.25) is 5.02 Å². The SMILES string of the molecule is CN(CCCCOc1ccc(Cl)cc1)S(=O)(=O)c1ccc(C(C)(C)C)cc1. The largest absolute Gasteiger partial charge is 0.494 e. The van der Waals surface area contributed by atoms with E-state index in [-0.39, 0.29) is 5.41 Å². The molecule has 0 radical (unpaired) electrons. The van der Waals surface area contributed by atoms with Gasteiger partial charge in [-0.15, -0.1) is 0 Å². The average Bonchev–Trinajstić information content (AvgIpc) is 2.62. The number of hydrogen-bond acceptors (Lipinski definition) is 3. The summed E-state index contributed by atoms with van der Waals surface area (Å²) >= 11 is 5.84. The third kappa shape index (κ3) is 6.23. The first-order valence-corrected chi connectivity index (χ1v) is 10.9. The van der Waals surface area contributed by atoms with E-state index in [0.717, 1.165) is 24.2 Å². The molecule has 0 amide bonds. The number of unbranched alkanes of at least 4 members (excludes halogenated alkanes) is 1. The fraction of sp³-hybridized carbons (Fsp3) is 0.429. The van der Waals surface area contributed by atoms with Crippen molar-refractivity contribution in [2.45, 2.75) is 43.9 Å². The van der Waals surface area contributed by atoms with Crippen LogP contribution in [0.4, 0.5) is 0 Å². The topological polar surface area (TPSA) is 46.6 Å². The Morgan fingerprint density at radius 1 is 0.963 bits per heavy atom. The zero-order valence-corrected chi connectivity index (χ0v) is 18.0. The number of ether oxygens (including phenoxy) is 1. The molecule has 0 heterocycles. The Kier molecular flexibility index (Phi) is 7.32. The van der Waals surface area contributed by atoms with Gasteiger partial charge in [0.25, 0.3) is 0 Å². The Morgan fingerprint density at radius 3 is 2.11 bits per heavy atom. The molecule has 0 bridgehead atoms. The van der Waals surface area contributed by atoms with Gasteiger partial charge in [-0.25, -0.2) is 12.7 Å². The number of benzene rings is 2. The van der Waals surface area contributed by atoms with E-state index in [4.69, 9.17) is 16.3 Å². The molecule has 0 fully saturated rings. The van der Waals surface area contributed by atoms with Crippen LogP contribution in [0, 0.1) is 0 Å². The number of rotatable bonds is 8. The maximum absolute atomic E-state index is 12.7. The molecule has 0 atom stereocenters. The second kappa shape index (κ2) is 9.09. The summed E-state index contributed by atoms with van der Waals surface area (Å²) in [7, 11) is -1.85. The van der Waals surface area contributed by atoms with Crippen LogP contribution in [-0.4, -0.2) is 32.9 Å². The molecule has 148 valence electrons. The summed E-state index contributed by atoms with van der Waals surface area (Å²) in [6.07, 6.45) is 1.49. The molecule has 27 heavy (non-hydrogen) atoms. The predicted octanol–water partition coefficient (Wildman–Crippen LogP) is 5.12. The standard InChI is InChI=1S/C21H28ClNO3S/c1-21(2,3)17-7-13-20(14-8-17)27(24,25)23(4)15-5-6-16-26-19-11-9-18(22)10-12-19/h7-14H,5-6,15-16H2,1-4H3. The zero-order valence-electron chi connectivity index (χ0n) is 16.4. The Labute approximate surface area is 168 Å². The van der Waals surface area contributed by atoms with Gasteiger partial charge in [0.05, 0.1) is 11.5 Å². The van der Waals surface area contributed by atoms with Crippen LogP contribution in [0.5, 0.6) is 5.75 Å². The van der Waals surface area contributed by atoms with Crippen molar-refractivity contribution in [2.24, 2.45) is 0 Å². The Morgan fingerprint density at radius 2 is 1.56 bits per heavy atom. The molecule has 2 aromatic rings. The minimum Gasteiger partial charge on any atom is -0.494 e. The summed E-state index contributed by atoms with van der Waals surface area (Å²) in [6.45, 7) is 7.31. The third-order valence-electron chi connectivity index (χ3n) is 4.38. The van der Waals surface area contributed by atoms with Crippen molar-refractivity contribution in [1.82, 2.24) is 4.31 Å². The zero-order chi connectivity index (χ0) is 20.1. The van der Waals surface area contributed by atoms with Gasteiger partial charge in [-0.05, 0) is 60.2 Å². The molecule has 0 spiro atoms. The molecular formula is C21H28ClNO3S. The first-order chi connectivity index (χ1) is 12.6. The number of sulfonamides is 1. The lowest BCUT2D eigenvalue weighted by atomic mass is 9.87. The Balaban J connectivity index is 1.83.